The Morgan fingerprint density at radius 1 is 0.537 bits per heavy atom. The molecule has 0 unspecified atom stereocenters. The highest BCUT2D eigenvalue weighted by atomic mass is 79.9. The molecule has 0 aliphatic rings. The number of methoxy groups -OCH3 is 4. The lowest BCUT2D eigenvalue weighted by atomic mass is 9.95. The molecular weight excluding hydrogens is 580 g/mol. The Bertz CT molecular complexity index is 1880. The highest BCUT2D eigenvalue weighted by molar-refractivity contribution is 9.10. The molecule has 0 amide bonds. The van der Waals surface area contributed by atoms with Gasteiger partial charge in [0.05, 0.1) is 28.4 Å². The summed E-state index contributed by atoms with van der Waals surface area (Å²) in [5, 5.41) is 6.05. The quantitative estimate of drug-likeness (QED) is 0.177. The third-order valence-electron chi connectivity index (χ3n) is 6.98. The number of carbonyl (C=O) groups is 1. The van der Waals surface area contributed by atoms with Crippen LogP contribution in [0.5, 0.6) is 23.0 Å². The van der Waals surface area contributed by atoms with E-state index in [9.17, 15) is 4.79 Å². The summed E-state index contributed by atoms with van der Waals surface area (Å²) < 4.78 is 22.2. The first kappa shape index (κ1) is 28.0. The van der Waals surface area contributed by atoms with Crippen molar-refractivity contribution >= 4 is 54.0 Å². The first-order chi connectivity index (χ1) is 19.9. The predicted octanol–water partition coefficient (Wildman–Crippen LogP) is 8.86. The normalized spacial score (nSPS) is 10.7. The number of halogens is 1. The number of hydrogen-bond acceptors (Lipinski definition) is 5. The molecule has 0 aromatic heterocycles. The fraction of sp³-hybridized carbons (Fsp3) is 0.114. The molecule has 0 atom stereocenters. The van der Waals surface area contributed by atoms with Crippen LogP contribution in [0.3, 0.4) is 0 Å². The van der Waals surface area contributed by atoms with Crippen LogP contribution in [-0.4, -0.2) is 34.2 Å². The topological polar surface area (TPSA) is 54.0 Å². The Morgan fingerprint density at radius 2 is 1.20 bits per heavy atom. The lowest BCUT2D eigenvalue weighted by molar-refractivity contribution is 0.104. The van der Waals surface area contributed by atoms with Crippen LogP contribution in [0.25, 0.3) is 32.3 Å². The summed E-state index contributed by atoms with van der Waals surface area (Å²) in [6.45, 7) is 0. The zero-order chi connectivity index (χ0) is 28.9. The van der Waals surface area contributed by atoms with Crippen molar-refractivity contribution in [3.05, 3.63) is 119 Å². The van der Waals surface area contributed by atoms with E-state index < -0.39 is 0 Å². The zero-order valence-electron chi connectivity index (χ0n) is 23.2. The number of benzene rings is 6. The smallest absolute Gasteiger partial charge is 0.193 e. The fourth-order valence-corrected chi connectivity index (χ4v) is 5.23. The molecule has 6 heteroatoms. The zero-order valence-corrected chi connectivity index (χ0v) is 24.8. The van der Waals surface area contributed by atoms with Gasteiger partial charge in [0.25, 0.3) is 0 Å². The van der Waals surface area contributed by atoms with Crippen LogP contribution < -0.4 is 18.9 Å². The lowest BCUT2D eigenvalue weighted by Crippen LogP contribution is -2.03. The minimum absolute atomic E-state index is 0.0271. The molecule has 0 aliphatic heterocycles. The van der Waals surface area contributed by atoms with Gasteiger partial charge in [-0.25, -0.2) is 0 Å². The second-order valence-corrected chi connectivity index (χ2v) is 10.2. The molecule has 41 heavy (non-hydrogen) atoms. The number of rotatable bonds is 6. The van der Waals surface area contributed by atoms with Crippen LogP contribution in [0.1, 0.15) is 15.9 Å². The minimum Gasteiger partial charge on any atom is -0.497 e. The van der Waals surface area contributed by atoms with Crippen molar-refractivity contribution in [2.75, 3.05) is 28.4 Å². The van der Waals surface area contributed by atoms with Crippen molar-refractivity contribution in [1.82, 2.24) is 0 Å². The van der Waals surface area contributed by atoms with E-state index in [1.807, 2.05) is 103 Å². The summed E-state index contributed by atoms with van der Waals surface area (Å²) in [6.07, 6.45) is 0. The molecule has 6 aromatic carbocycles. The second-order valence-electron chi connectivity index (χ2n) is 9.31. The standard InChI is InChI=1S/C23H17BrO3.C12H12O2/c1-26-18-7-8-19-21(13-18)20(9-10-22(19)27-2)23(25)16-4-3-15-12-17(24)6-5-14(15)11-16;1-13-10-6-7-11-9(8-10)4-3-5-12(11)14-2/h3-13H,1-2H3;3-8H,1-2H3. The highest BCUT2D eigenvalue weighted by Gasteiger charge is 2.16. The van der Waals surface area contributed by atoms with E-state index in [4.69, 9.17) is 18.9 Å². The maximum absolute atomic E-state index is 13.3. The van der Waals surface area contributed by atoms with E-state index in [1.165, 1.54) is 0 Å². The van der Waals surface area contributed by atoms with Gasteiger partial charge < -0.3 is 18.9 Å². The van der Waals surface area contributed by atoms with Gasteiger partial charge in [0, 0.05) is 31.8 Å². The van der Waals surface area contributed by atoms with Crippen molar-refractivity contribution in [1.29, 1.82) is 0 Å². The molecule has 0 radical (unpaired) electrons. The molecule has 6 rings (SSSR count). The summed E-state index contributed by atoms with van der Waals surface area (Å²) in [6, 6.07) is 33.0. The minimum atomic E-state index is -0.0271. The summed E-state index contributed by atoms with van der Waals surface area (Å²) in [5.41, 5.74) is 1.28. The molecule has 0 saturated heterocycles. The van der Waals surface area contributed by atoms with Gasteiger partial charge in [-0.05, 0) is 89.0 Å². The van der Waals surface area contributed by atoms with Crippen molar-refractivity contribution in [2.45, 2.75) is 0 Å². The largest absolute Gasteiger partial charge is 0.497 e. The van der Waals surface area contributed by atoms with Crippen LogP contribution >= 0.6 is 15.9 Å². The van der Waals surface area contributed by atoms with E-state index in [-0.39, 0.29) is 5.78 Å². The van der Waals surface area contributed by atoms with Crippen molar-refractivity contribution in [2.24, 2.45) is 0 Å². The average Bonchev–Trinajstić information content (AvgIpc) is 3.02. The predicted molar refractivity (Wildman–Crippen MR) is 169 cm³/mol. The summed E-state index contributed by atoms with van der Waals surface area (Å²) in [7, 11) is 6.59. The van der Waals surface area contributed by atoms with Crippen LogP contribution in [0.2, 0.25) is 0 Å². The Balaban J connectivity index is 0.000000202. The second kappa shape index (κ2) is 12.3. The lowest BCUT2D eigenvalue weighted by Gasteiger charge is -2.12. The Labute approximate surface area is 247 Å². The number of ketones is 1. The molecule has 206 valence electrons. The average molecular weight is 610 g/mol. The molecule has 0 bridgehead atoms. The Kier molecular flexibility index (Phi) is 8.41. The van der Waals surface area contributed by atoms with E-state index >= 15 is 0 Å². The van der Waals surface area contributed by atoms with Gasteiger partial charge in [0.1, 0.15) is 23.0 Å². The van der Waals surface area contributed by atoms with Crippen LogP contribution in [0.4, 0.5) is 0 Å². The van der Waals surface area contributed by atoms with E-state index in [0.29, 0.717) is 16.9 Å². The van der Waals surface area contributed by atoms with Crippen LogP contribution in [-0.2, 0) is 0 Å². The van der Waals surface area contributed by atoms with Crippen molar-refractivity contribution in [3.63, 3.8) is 0 Å². The molecular formula is C35H29BrO5. The highest BCUT2D eigenvalue weighted by Crippen LogP contribution is 2.33. The summed E-state index contributed by atoms with van der Waals surface area (Å²) in [4.78, 5) is 13.3. The monoisotopic (exact) mass is 608 g/mol. The summed E-state index contributed by atoms with van der Waals surface area (Å²) >= 11 is 3.48. The Morgan fingerprint density at radius 3 is 1.93 bits per heavy atom. The fourth-order valence-electron chi connectivity index (χ4n) is 4.85. The number of fused-ring (bicyclic) bond motifs is 3. The Hall–Kier alpha value is -4.55. The van der Waals surface area contributed by atoms with Crippen LogP contribution in [0.15, 0.2) is 108 Å². The van der Waals surface area contributed by atoms with Gasteiger partial charge in [0.2, 0.25) is 0 Å². The van der Waals surface area contributed by atoms with Gasteiger partial charge >= 0.3 is 0 Å². The molecule has 0 aliphatic carbocycles. The maximum Gasteiger partial charge on any atom is 0.193 e. The SMILES string of the molecule is COc1ccc2c(OC)ccc(C(=O)c3ccc4cc(Br)ccc4c3)c2c1.COc1ccc2c(OC)cccc2c1. The molecule has 6 aromatic rings. The molecule has 0 heterocycles. The first-order valence-electron chi connectivity index (χ1n) is 12.9. The van der Waals surface area contributed by atoms with E-state index in [1.54, 1.807) is 28.4 Å². The third-order valence-corrected chi connectivity index (χ3v) is 7.47. The van der Waals surface area contributed by atoms with E-state index in [2.05, 4.69) is 15.9 Å². The van der Waals surface area contributed by atoms with Crippen molar-refractivity contribution < 1.29 is 23.7 Å². The van der Waals surface area contributed by atoms with Gasteiger partial charge in [-0.15, -0.1) is 0 Å². The van der Waals surface area contributed by atoms with Crippen molar-refractivity contribution in [3.8, 4) is 23.0 Å². The van der Waals surface area contributed by atoms with Crippen LogP contribution in [0, 0.1) is 0 Å². The molecule has 0 saturated carbocycles. The number of ether oxygens (including phenoxy) is 4. The van der Waals surface area contributed by atoms with Gasteiger partial charge in [-0.1, -0.05) is 46.3 Å². The summed E-state index contributed by atoms with van der Waals surface area (Å²) in [5.74, 6) is 3.16. The molecule has 5 nitrogen and oxygen atoms in total. The van der Waals surface area contributed by atoms with E-state index in [0.717, 1.165) is 54.0 Å². The first-order valence-corrected chi connectivity index (χ1v) is 13.7. The van der Waals surface area contributed by atoms with Gasteiger partial charge in [-0.2, -0.15) is 0 Å². The molecule has 0 N–H and O–H groups in total. The van der Waals surface area contributed by atoms with Gasteiger partial charge in [-0.3, -0.25) is 4.79 Å². The maximum atomic E-state index is 13.3. The molecule has 0 fully saturated rings. The number of hydrogen-bond donors (Lipinski definition) is 0. The number of carbonyl (C=O) groups excluding carboxylic acids is 1. The third kappa shape index (κ3) is 5.83. The molecule has 0 spiro atoms. The van der Waals surface area contributed by atoms with Gasteiger partial charge in [0.15, 0.2) is 5.78 Å².